The van der Waals surface area contributed by atoms with Gasteiger partial charge in [-0.1, -0.05) is 0 Å². The molecule has 0 spiro atoms. The van der Waals surface area contributed by atoms with E-state index in [0.717, 1.165) is 0 Å². The Morgan fingerprint density at radius 2 is 2.04 bits per heavy atom. The summed E-state index contributed by atoms with van der Waals surface area (Å²) in [7, 11) is 1.58. The molecule has 0 atom stereocenters. The van der Waals surface area contributed by atoms with Gasteiger partial charge in [0, 0.05) is 19.8 Å². The molecule has 2 N–H and O–H groups in total. The normalized spacial score (nSPS) is 10.6. The second-order valence-corrected chi connectivity index (χ2v) is 4.80. The summed E-state index contributed by atoms with van der Waals surface area (Å²) in [6, 6.07) is 1.39. The molecule has 1 heterocycles. The first kappa shape index (κ1) is 16.5. The van der Waals surface area contributed by atoms with Gasteiger partial charge in [0.05, 0.1) is 12.3 Å². The first-order valence-electron chi connectivity index (χ1n) is 7.08. The average Bonchev–Trinajstić information content (AvgIpc) is 2.57. The average molecular weight is 319 g/mol. The smallest absolute Gasteiger partial charge is 0.276 e. The van der Waals surface area contributed by atoms with E-state index in [1.807, 2.05) is 0 Å². The van der Waals surface area contributed by atoms with Crippen molar-refractivity contribution in [3.8, 4) is 11.5 Å². The molecule has 8 nitrogen and oxygen atoms in total. The van der Waals surface area contributed by atoms with Crippen molar-refractivity contribution < 1.29 is 14.6 Å². The van der Waals surface area contributed by atoms with Crippen LogP contribution in [0.1, 0.15) is 24.3 Å². The third-order valence-corrected chi connectivity index (χ3v) is 3.36. The van der Waals surface area contributed by atoms with Gasteiger partial charge in [-0.25, -0.2) is 4.98 Å². The number of ether oxygens (including phenoxy) is 1. The molecule has 0 radical (unpaired) electrons. The minimum atomic E-state index is -0.733. The van der Waals surface area contributed by atoms with Crippen molar-refractivity contribution in [2.24, 2.45) is 0 Å². The molecule has 2 aromatic rings. The number of nitrogens with zero attached hydrogens (tertiary/aromatic N) is 2. The van der Waals surface area contributed by atoms with Crippen molar-refractivity contribution >= 4 is 17.3 Å². The largest absolute Gasteiger partial charge is 0.504 e. The number of pyridine rings is 1. The molecule has 0 saturated carbocycles. The van der Waals surface area contributed by atoms with Crippen molar-refractivity contribution in [1.29, 1.82) is 0 Å². The predicted molar refractivity (Wildman–Crippen MR) is 84.3 cm³/mol. The molecule has 1 aromatic heterocycles. The fraction of sp³-hybridized carbons (Fsp3) is 0.333. The lowest BCUT2D eigenvalue weighted by molar-refractivity contribution is 0.0793. The Kier molecular flexibility index (Phi) is 4.63. The number of carbonyl (C=O) groups excluding carboxylic acids is 1. The van der Waals surface area contributed by atoms with Crippen molar-refractivity contribution in [1.82, 2.24) is 9.88 Å². The van der Waals surface area contributed by atoms with Gasteiger partial charge in [0.25, 0.3) is 16.8 Å². The van der Waals surface area contributed by atoms with Gasteiger partial charge in [-0.2, -0.15) is 0 Å². The Hall–Kier alpha value is -2.90. The van der Waals surface area contributed by atoms with Crippen LogP contribution >= 0.6 is 0 Å². The van der Waals surface area contributed by atoms with Gasteiger partial charge in [-0.3, -0.25) is 14.4 Å². The molecule has 0 saturated heterocycles. The monoisotopic (exact) mass is 319 g/mol. The lowest BCUT2D eigenvalue weighted by Crippen LogP contribution is -2.35. The molecule has 0 aliphatic rings. The summed E-state index contributed by atoms with van der Waals surface area (Å²) in [6.45, 7) is 4.15. The Morgan fingerprint density at radius 3 is 2.65 bits per heavy atom. The lowest BCUT2D eigenvalue weighted by Gasteiger charge is -2.17. The third-order valence-electron chi connectivity index (χ3n) is 3.36. The fourth-order valence-corrected chi connectivity index (χ4v) is 1.94. The highest BCUT2D eigenvalue weighted by atomic mass is 16.5. The van der Waals surface area contributed by atoms with E-state index in [1.54, 1.807) is 20.9 Å². The van der Waals surface area contributed by atoms with Crippen LogP contribution in [0, 0.1) is 0 Å². The molecule has 8 heteroatoms. The van der Waals surface area contributed by atoms with Crippen molar-refractivity contribution in [3.63, 3.8) is 0 Å². The van der Waals surface area contributed by atoms with Gasteiger partial charge in [-0.15, -0.1) is 0 Å². The summed E-state index contributed by atoms with van der Waals surface area (Å²) >= 11 is 0. The maximum absolute atomic E-state index is 12.1. The summed E-state index contributed by atoms with van der Waals surface area (Å²) in [4.78, 5) is 40.4. The number of hydrogen-bond acceptors (Lipinski definition) is 7. The lowest BCUT2D eigenvalue weighted by atomic mass is 10.2. The van der Waals surface area contributed by atoms with Crippen LogP contribution in [0.2, 0.25) is 0 Å². The summed E-state index contributed by atoms with van der Waals surface area (Å²) < 4.78 is 5.09. The number of hydrogen-bond donors (Lipinski definition) is 2. The molecule has 0 unspecified atom stereocenters. The highest BCUT2D eigenvalue weighted by Gasteiger charge is 2.25. The number of aromatic hydroxyl groups is 1. The van der Waals surface area contributed by atoms with Crippen molar-refractivity contribution in [3.05, 3.63) is 38.4 Å². The quantitative estimate of drug-likeness (QED) is 0.751. The zero-order valence-electron chi connectivity index (χ0n) is 13.0. The predicted octanol–water partition coefficient (Wildman–Crippen LogP) is 0.617. The number of carbonyl (C=O) groups is 1. The van der Waals surface area contributed by atoms with Gasteiger partial charge in [0.1, 0.15) is 5.69 Å². The van der Waals surface area contributed by atoms with Crippen LogP contribution < -0.4 is 20.9 Å². The molecule has 0 bridgehead atoms. The Bertz CT molecular complexity index is 808. The molecule has 122 valence electrons. The summed E-state index contributed by atoms with van der Waals surface area (Å²) in [5.41, 5.74) is -1.54. The van der Waals surface area contributed by atoms with E-state index in [1.165, 1.54) is 17.2 Å². The second-order valence-electron chi connectivity index (χ2n) is 4.80. The van der Waals surface area contributed by atoms with E-state index in [-0.39, 0.29) is 29.4 Å². The standard InChI is InChI=1S/C15H17N3O5/c1-4-18(3)15(22)10-11(19)8(6-7-16-10)17-9-12(20)13(21)14(9)23-5-2/h6-7,19H,4-5H2,1-3H3,(H,16,17). The Balaban J connectivity index is 2.36. The van der Waals surface area contributed by atoms with E-state index in [2.05, 4.69) is 10.3 Å². The SMILES string of the molecule is CCOc1c(Nc2ccnc(C(=O)N(C)CC)c2O)c(=O)c1=O. The highest BCUT2D eigenvalue weighted by Crippen LogP contribution is 2.31. The molecule has 2 rings (SSSR count). The molecule has 23 heavy (non-hydrogen) atoms. The molecule has 0 aliphatic carbocycles. The minimum absolute atomic E-state index is 0.0411. The van der Waals surface area contributed by atoms with E-state index >= 15 is 0 Å². The fourth-order valence-electron chi connectivity index (χ4n) is 1.94. The van der Waals surface area contributed by atoms with Crippen LogP contribution in [0.4, 0.5) is 11.4 Å². The van der Waals surface area contributed by atoms with Gasteiger partial charge in [0.2, 0.25) is 0 Å². The molecule has 1 aromatic carbocycles. The third kappa shape index (κ3) is 2.87. The number of nitrogens with one attached hydrogen (secondary N) is 1. The van der Waals surface area contributed by atoms with E-state index < -0.39 is 22.5 Å². The molecular weight excluding hydrogens is 302 g/mol. The van der Waals surface area contributed by atoms with Crippen LogP contribution in [0.5, 0.6) is 11.5 Å². The summed E-state index contributed by atoms with van der Waals surface area (Å²) in [5.74, 6) is -0.927. The topological polar surface area (TPSA) is 109 Å². The van der Waals surface area contributed by atoms with Crippen LogP contribution in [-0.2, 0) is 0 Å². The Labute approximate surface area is 132 Å². The summed E-state index contributed by atoms with van der Waals surface area (Å²) in [5, 5.41) is 12.8. The second kappa shape index (κ2) is 6.47. The molecular formula is C15H17N3O5. The zero-order chi connectivity index (χ0) is 17.1. The molecule has 0 aliphatic heterocycles. The van der Waals surface area contributed by atoms with Gasteiger partial charge in [0.15, 0.2) is 17.2 Å². The van der Waals surface area contributed by atoms with Crippen molar-refractivity contribution in [2.45, 2.75) is 13.8 Å². The maximum atomic E-state index is 12.1. The van der Waals surface area contributed by atoms with Crippen LogP contribution in [0.3, 0.4) is 0 Å². The number of rotatable bonds is 6. The van der Waals surface area contributed by atoms with Crippen LogP contribution in [0.25, 0.3) is 0 Å². The van der Waals surface area contributed by atoms with Gasteiger partial charge in [-0.05, 0) is 19.9 Å². The first-order valence-corrected chi connectivity index (χ1v) is 7.08. The van der Waals surface area contributed by atoms with E-state index in [4.69, 9.17) is 4.74 Å². The molecule has 0 fully saturated rings. The molecule has 1 amide bonds. The van der Waals surface area contributed by atoms with Crippen molar-refractivity contribution in [2.75, 3.05) is 25.5 Å². The van der Waals surface area contributed by atoms with Crippen LogP contribution in [-0.4, -0.2) is 41.1 Å². The van der Waals surface area contributed by atoms with Gasteiger partial charge >= 0.3 is 0 Å². The minimum Gasteiger partial charge on any atom is -0.504 e. The summed E-state index contributed by atoms with van der Waals surface area (Å²) in [6.07, 6.45) is 1.32. The number of aromatic nitrogens is 1. The number of amides is 1. The van der Waals surface area contributed by atoms with Crippen LogP contribution in [0.15, 0.2) is 21.9 Å². The van der Waals surface area contributed by atoms with Gasteiger partial charge < -0.3 is 20.1 Å². The number of anilines is 2. The maximum Gasteiger partial charge on any atom is 0.276 e. The zero-order valence-corrected chi connectivity index (χ0v) is 13.0. The van der Waals surface area contributed by atoms with E-state index in [9.17, 15) is 19.5 Å². The van der Waals surface area contributed by atoms with E-state index in [0.29, 0.717) is 6.54 Å². The Morgan fingerprint density at radius 1 is 1.35 bits per heavy atom. The highest BCUT2D eigenvalue weighted by molar-refractivity contribution is 5.96. The first-order chi connectivity index (χ1) is 10.9.